The smallest absolute Gasteiger partial charge is 0.244 e. The van der Waals surface area contributed by atoms with Crippen LogP contribution in [0.1, 0.15) is 19.3 Å². The second-order valence-corrected chi connectivity index (χ2v) is 10.6. The lowest BCUT2D eigenvalue weighted by Crippen LogP contribution is -2.35. The van der Waals surface area contributed by atoms with Gasteiger partial charge in [0.25, 0.3) is 0 Å². The molecule has 1 amide bonds. The lowest BCUT2D eigenvalue weighted by molar-refractivity contribution is -0.116. The Morgan fingerprint density at radius 1 is 1.03 bits per heavy atom. The molecule has 170 valence electrons. The second kappa shape index (κ2) is 9.05. The van der Waals surface area contributed by atoms with E-state index in [4.69, 9.17) is 0 Å². The summed E-state index contributed by atoms with van der Waals surface area (Å²) in [6.07, 6.45) is 2.84. The van der Waals surface area contributed by atoms with E-state index < -0.39 is 10.0 Å². The summed E-state index contributed by atoms with van der Waals surface area (Å²) in [5.41, 5.74) is 4.63. The fourth-order valence-corrected chi connectivity index (χ4v) is 6.11. The third kappa shape index (κ3) is 4.41. The van der Waals surface area contributed by atoms with E-state index in [-0.39, 0.29) is 17.3 Å². The molecule has 0 unspecified atom stereocenters. The molecule has 8 nitrogen and oxygen atoms in total. The quantitative estimate of drug-likeness (QED) is 0.449. The number of carbonyl (C=O) groups excluding carboxylic acids is 1. The van der Waals surface area contributed by atoms with Crippen molar-refractivity contribution in [1.82, 2.24) is 18.8 Å². The third-order valence-electron chi connectivity index (χ3n) is 5.71. The number of piperidine rings is 1. The average Bonchev–Trinajstić information content (AvgIpc) is 3.48. The fourth-order valence-electron chi connectivity index (χ4n) is 4.06. The van der Waals surface area contributed by atoms with Crippen LogP contribution in [0.4, 0.5) is 5.69 Å². The van der Waals surface area contributed by atoms with Crippen LogP contribution >= 0.6 is 11.3 Å². The summed E-state index contributed by atoms with van der Waals surface area (Å²) in [6, 6.07) is 14.0. The molecule has 1 fully saturated rings. The number of sulfonamides is 1. The first-order valence-corrected chi connectivity index (χ1v) is 13.1. The van der Waals surface area contributed by atoms with Gasteiger partial charge < -0.3 is 9.88 Å². The van der Waals surface area contributed by atoms with E-state index in [9.17, 15) is 13.2 Å². The monoisotopic (exact) mass is 481 g/mol. The minimum atomic E-state index is -3.50. The molecule has 33 heavy (non-hydrogen) atoms. The van der Waals surface area contributed by atoms with Crippen LogP contribution in [0, 0.1) is 0 Å². The number of hydrogen-bond donors (Lipinski definition) is 1. The van der Waals surface area contributed by atoms with E-state index in [1.165, 1.54) is 15.6 Å². The first kappa shape index (κ1) is 21.7. The number of rotatable bonds is 6. The molecule has 0 aliphatic carbocycles. The van der Waals surface area contributed by atoms with Gasteiger partial charge in [0.1, 0.15) is 12.2 Å². The van der Waals surface area contributed by atoms with Crippen LogP contribution in [0.5, 0.6) is 0 Å². The molecule has 0 atom stereocenters. The van der Waals surface area contributed by atoms with Crippen LogP contribution in [0.25, 0.3) is 22.6 Å². The number of aromatic nitrogens is 3. The van der Waals surface area contributed by atoms with Crippen molar-refractivity contribution < 1.29 is 13.2 Å². The fraction of sp³-hybridized carbons (Fsp3) is 0.261. The minimum Gasteiger partial charge on any atom is -0.325 e. The number of imidazole rings is 1. The van der Waals surface area contributed by atoms with E-state index in [1.807, 2.05) is 34.2 Å². The number of benzene rings is 2. The summed E-state index contributed by atoms with van der Waals surface area (Å²) in [7, 11) is -3.50. The highest BCUT2D eigenvalue weighted by atomic mass is 32.2. The molecule has 0 bridgehead atoms. The van der Waals surface area contributed by atoms with Crippen molar-refractivity contribution >= 4 is 44.0 Å². The number of anilines is 1. The average molecular weight is 482 g/mol. The first-order chi connectivity index (χ1) is 16.0. The zero-order valence-electron chi connectivity index (χ0n) is 17.8. The number of hydrogen-bond acceptors (Lipinski definition) is 6. The molecule has 1 N–H and O–H groups in total. The van der Waals surface area contributed by atoms with Gasteiger partial charge in [0.05, 0.1) is 21.4 Å². The van der Waals surface area contributed by atoms with E-state index in [2.05, 4.69) is 15.3 Å². The third-order valence-corrected chi connectivity index (χ3v) is 8.21. The number of para-hydroxylation sites is 2. The Kier molecular flexibility index (Phi) is 5.96. The lowest BCUT2D eigenvalue weighted by Gasteiger charge is -2.25. The number of carbonyl (C=O) groups is 1. The normalized spacial score (nSPS) is 15.0. The van der Waals surface area contributed by atoms with E-state index in [0.717, 1.165) is 36.0 Å². The highest BCUT2D eigenvalue weighted by molar-refractivity contribution is 7.89. The molecule has 5 rings (SSSR count). The molecule has 1 saturated heterocycles. The Labute approximate surface area is 196 Å². The summed E-state index contributed by atoms with van der Waals surface area (Å²) < 4.78 is 29.0. The predicted molar refractivity (Wildman–Crippen MR) is 129 cm³/mol. The van der Waals surface area contributed by atoms with Crippen LogP contribution < -0.4 is 5.32 Å². The number of amides is 1. The Hall–Kier alpha value is -3.08. The van der Waals surface area contributed by atoms with Gasteiger partial charge in [0, 0.05) is 24.2 Å². The molecule has 0 saturated carbocycles. The van der Waals surface area contributed by atoms with Crippen molar-refractivity contribution in [3.05, 3.63) is 59.4 Å². The van der Waals surface area contributed by atoms with Gasteiger partial charge in [-0.3, -0.25) is 4.79 Å². The number of nitrogens with zero attached hydrogens (tertiary/aromatic N) is 4. The number of nitrogens with one attached hydrogen (secondary N) is 1. The minimum absolute atomic E-state index is 0.0567. The van der Waals surface area contributed by atoms with Gasteiger partial charge in [-0.15, -0.1) is 11.3 Å². The van der Waals surface area contributed by atoms with Crippen molar-refractivity contribution in [3.8, 4) is 11.5 Å². The Bertz CT molecular complexity index is 1370. The Morgan fingerprint density at radius 2 is 1.79 bits per heavy atom. The molecular weight excluding hydrogens is 458 g/mol. The van der Waals surface area contributed by atoms with Crippen molar-refractivity contribution in [1.29, 1.82) is 0 Å². The molecule has 1 aliphatic rings. The summed E-state index contributed by atoms with van der Waals surface area (Å²) in [4.78, 5) is 22.1. The van der Waals surface area contributed by atoms with E-state index >= 15 is 0 Å². The molecule has 4 aromatic rings. The molecule has 2 aromatic carbocycles. The number of thiazole rings is 1. The molecule has 0 radical (unpaired) electrons. The summed E-state index contributed by atoms with van der Waals surface area (Å²) in [6.45, 7) is 1.17. The van der Waals surface area contributed by atoms with Crippen LogP contribution in [-0.4, -0.2) is 46.3 Å². The highest BCUT2D eigenvalue weighted by Crippen LogP contribution is 2.25. The van der Waals surface area contributed by atoms with Gasteiger partial charge in [-0.25, -0.2) is 18.4 Å². The van der Waals surface area contributed by atoms with Crippen LogP contribution in [-0.2, 0) is 21.4 Å². The van der Waals surface area contributed by atoms with Gasteiger partial charge in [0.2, 0.25) is 15.9 Å². The topological polar surface area (TPSA) is 97.2 Å². The van der Waals surface area contributed by atoms with E-state index in [0.29, 0.717) is 24.6 Å². The molecule has 1 aliphatic heterocycles. The highest BCUT2D eigenvalue weighted by Gasteiger charge is 2.25. The van der Waals surface area contributed by atoms with Gasteiger partial charge in [-0.1, -0.05) is 18.6 Å². The van der Waals surface area contributed by atoms with Crippen LogP contribution in [0.2, 0.25) is 0 Å². The zero-order chi connectivity index (χ0) is 22.8. The lowest BCUT2D eigenvalue weighted by atomic mass is 10.2. The second-order valence-electron chi connectivity index (χ2n) is 7.92. The SMILES string of the molecule is O=C(Cn1c(-c2cscn2)nc2ccccc21)Nc1ccc(S(=O)(=O)N2CCCCC2)cc1. The molecule has 2 aromatic heterocycles. The number of fused-ring (bicyclic) bond motifs is 1. The predicted octanol–water partition coefficient (Wildman–Crippen LogP) is 3.97. The van der Waals surface area contributed by atoms with Crippen LogP contribution in [0.15, 0.2) is 64.3 Å². The van der Waals surface area contributed by atoms with Gasteiger partial charge in [0.15, 0.2) is 5.82 Å². The van der Waals surface area contributed by atoms with Crippen molar-refractivity contribution in [2.24, 2.45) is 0 Å². The zero-order valence-corrected chi connectivity index (χ0v) is 19.5. The van der Waals surface area contributed by atoms with Gasteiger partial charge >= 0.3 is 0 Å². The molecule has 10 heteroatoms. The van der Waals surface area contributed by atoms with Crippen molar-refractivity contribution in [2.75, 3.05) is 18.4 Å². The van der Waals surface area contributed by atoms with Crippen molar-refractivity contribution in [3.63, 3.8) is 0 Å². The largest absolute Gasteiger partial charge is 0.325 e. The van der Waals surface area contributed by atoms with Gasteiger partial charge in [-0.2, -0.15) is 4.31 Å². The Balaban J connectivity index is 1.34. The summed E-state index contributed by atoms with van der Waals surface area (Å²) in [5.74, 6) is 0.400. The maximum absolute atomic E-state index is 12.9. The van der Waals surface area contributed by atoms with Crippen molar-refractivity contribution in [2.45, 2.75) is 30.7 Å². The molecular formula is C23H23N5O3S2. The maximum Gasteiger partial charge on any atom is 0.244 e. The summed E-state index contributed by atoms with van der Waals surface area (Å²) >= 11 is 1.47. The van der Waals surface area contributed by atoms with Gasteiger partial charge in [-0.05, 0) is 49.2 Å². The molecule has 0 spiro atoms. The standard InChI is InChI=1S/C23H23N5O3S2/c29-22(14-28-21-7-3-2-6-19(21)26-23(28)20-15-32-16-24-20)25-17-8-10-18(11-9-17)33(30,31)27-12-4-1-5-13-27/h2-3,6-11,15-16H,1,4-5,12-14H2,(H,25,29). The first-order valence-electron chi connectivity index (χ1n) is 10.8. The molecule has 3 heterocycles. The Morgan fingerprint density at radius 3 is 2.52 bits per heavy atom. The summed E-state index contributed by atoms with van der Waals surface area (Å²) in [5, 5.41) is 4.76. The van der Waals surface area contributed by atoms with Crippen LogP contribution in [0.3, 0.4) is 0 Å². The maximum atomic E-state index is 12.9. The van der Waals surface area contributed by atoms with E-state index in [1.54, 1.807) is 29.8 Å².